The molecule has 0 spiro atoms. The van der Waals surface area contributed by atoms with Crippen LogP contribution >= 0.6 is 39.1 Å². The second-order valence-corrected chi connectivity index (χ2v) is 5.05. The van der Waals surface area contributed by atoms with E-state index in [1.54, 1.807) is 12.3 Å². The van der Waals surface area contributed by atoms with Gasteiger partial charge in [-0.3, -0.25) is 0 Å². The predicted octanol–water partition coefficient (Wildman–Crippen LogP) is 3.93. The second kappa shape index (κ2) is 5.79. The molecular weight excluding hydrogens is 287 g/mol. The van der Waals surface area contributed by atoms with E-state index in [4.69, 9.17) is 23.2 Å². The molecule has 1 unspecified atom stereocenters. The number of hydrogen-bond acceptors (Lipinski definition) is 2. The molecule has 0 amide bonds. The molecule has 0 aliphatic heterocycles. The van der Waals surface area contributed by atoms with Crippen LogP contribution in [-0.4, -0.2) is 16.9 Å². The van der Waals surface area contributed by atoms with Crippen LogP contribution in [0.1, 0.15) is 13.3 Å². The molecule has 1 aromatic heterocycles. The number of nitrogens with zero attached hydrogens (tertiary/aromatic N) is 1. The Labute approximate surface area is 102 Å². The van der Waals surface area contributed by atoms with Gasteiger partial charge < -0.3 is 5.32 Å². The largest absolute Gasteiger partial charge is 0.369 e. The van der Waals surface area contributed by atoms with Crippen LogP contribution in [0.2, 0.25) is 5.02 Å². The van der Waals surface area contributed by atoms with E-state index in [9.17, 15) is 0 Å². The zero-order valence-electron chi connectivity index (χ0n) is 7.73. The van der Waals surface area contributed by atoms with Gasteiger partial charge in [0.05, 0.1) is 5.02 Å². The molecule has 0 fully saturated rings. The van der Waals surface area contributed by atoms with Crippen LogP contribution in [0.3, 0.4) is 0 Å². The van der Waals surface area contributed by atoms with Gasteiger partial charge in [-0.2, -0.15) is 0 Å². The number of anilines is 1. The average molecular weight is 298 g/mol. The Morgan fingerprint density at radius 3 is 2.93 bits per heavy atom. The molecule has 1 rings (SSSR count). The summed E-state index contributed by atoms with van der Waals surface area (Å²) in [5.41, 5.74) is 0. The van der Waals surface area contributed by atoms with Crippen molar-refractivity contribution in [3.63, 3.8) is 0 Å². The number of aromatic nitrogens is 1. The molecule has 0 saturated heterocycles. The maximum atomic E-state index is 5.96. The van der Waals surface area contributed by atoms with Crippen LogP contribution in [0, 0.1) is 0 Å². The van der Waals surface area contributed by atoms with Gasteiger partial charge in [-0.25, -0.2) is 4.98 Å². The lowest BCUT2D eigenvalue weighted by Crippen LogP contribution is -2.07. The van der Waals surface area contributed by atoms with Gasteiger partial charge in [0.25, 0.3) is 0 Å². The molecule has 0 aromatic carbocycles. The number of alkyl halides is 1. The molecule has 0 bridgehead atoms. The number of hydrogen-bond donors (Lipinski definition) is 1. The fourth-order valence-electron chi connectivity index (χ4n) is 0.934. The third-order valence-corrected chi connectivity index (χ3v) is 2.58. The summed E-state index contributed by atoms with van der Waals surface area (Å²) in [4.78, 5) is 4.14. The average Bonchev–Trinajstić information content (AvgIpc) is 2.08. The minimum absolute atomic E-state index is 0.164. The monoisotopic (exact) mass is 296 g/mol. The summed E-state index contributed by atoms with van der Waals surface area (Å²) >= 11 is 15.1. The highest BCUT2D eigenvalue weighted by atomic mass is 79.9. The Kier molecular flexibility index (Phi) is 4.99. The van der Waals surface area contributed by atoms with E-state index in [0.29, 0.717) is 10.8 Å². The fourth-order valence-corrected chi connectivity index (χ4v) is 1.74. The molecule has 0 aliphatic rings. The Hall–Kier alpha value is 0.01000. The SMILES string of the molecule is CC(Cl)CCNc1ncc(Br)cc1Cl. The molecule has 1 atom stereocenters. The zero-order valence-corrected chi connectivity index (χ0v) is 10.8. The quantitative estimate of drug-likeness (QED) is 0.852. The first-order chi connectivity index (χ1) is 6.59. The topological polar surface area (TPSA) is 24.9 Å². The van der Waals surface area contributed by atoms with Crippen molar-refractivity contribution in [2.24, 2.45) is 0 Å². The highest BCUT2D eigenvalue weighted by Crippen LogP contribution is 2.22. The van der Waals surface area contributed by atoms with Crippen LogP contribution in [0.25, 0.3) is 0 Å². The summed E-state index contributed by atoms with van der Waals surface area (Å²) in [6.07, 6.45) is 2.59. The number of rotatable bonds is 4. The van der Waals surface area contributed by atoms with Crippen molar-refractivity contribution in [2.45, 2.75) is 18.7 Å². The molecule has 2 nitrogen and oxygen atoms in total. The van der Waals surface area contributed by atoms with E-state index in [-0.39, 0.29) is 5.38 Å². The first-order valence-electron chi connectivity index (χ1n) is 4.28. The molecule has 0 radical (unpaired) electrons. The number of nitrogens with one attached hydrogen (secondary N) is 1. The third kappa shape index (κ3) is 4.03. The van der Waals surface area contributed by atoms with Crippen molar-refractivity contribution in [3.05, 3.63) is 21.8 Å². The standard InChI is InChI=1S/C9H11BrCl2N2/c1-6(11)2-3-13-9-8(12)4-7(10)5-14-9/h4-6H,2-3H2,1H3,(H,13,14). The first kappa shape index (κ1) is 12.1. The summed E-state index contributed by atoms with van der Waals surface area (Å²) in [5.74, 6) is 0.701. The lowest BCUT2D eigenvalue weighted by Gasteiger charge is -2.08. The minimum atomic E-state index is 0.164. The van der Waals surface area contributed by atoms with Crippen LogP contribution < -0.4 is 5.32 Å². The van der Waals surface area contributed by atoms with Crippen molar-refractivity contribution in [2.75, 3.05) is 11.9 Å². The minimum Gasteiger partial charge on any atom is -0.369 e. The first-order valence-corrected chi connectivity index (χ1v) is 5.89. The predicted molar refractivity (Wildman–Crippen MR) is 65.4 cm³/mol. The zero-order chi connectivity index (χ0) is 10.6. The lowest BCUT2D eigenvalue weighted by atomic mass is 10.3. The van der Waals surface area contributed by atoms with Crippen molar-refractivity contribution < 1.29 is 0 Å². The van der Waals surface area contributed by atoms with Gasteiger partial charge in [0.15, 0.2) is 0 Å². The Morgan fingerprint density at radius 2 is 2.36 bits per heavy atom. The van der Waals surface area contributed by atoms with E-state index in [1.165, 1.54) is 0 Å². The maximum absolute atomic E-state index is 5.96. The van der Waals surface area contributed by atoms with Crippen LogP contribution in [0.15, 0.2) is 16.7 Å². The fraction of sp³-hybridized carbons (Fsp3) is 0.444. The molecule has 14 heavy (non-hydrogen) atoms. The molecule has 1 N–H and O–H groups in total. The van der Waals surface area contributed by atoms with Gasteiger partial charge in [-0.05, 0) is 35.3 Å². The summed E-state index contributed by atoms with van der Waals surface area (Å²) in [6.45, 7) is 2.73. The Balaban J connectivity index is 2.51. The molecular formula is C9H11BrCl2N2. The van der Waals surface area contributed by atoms with Gasteiger partial charge in [-0.15, -0.1) is 11.6 Å². The highest BCUT2D eigenvalue weighted by molar-refractivity contribution is 9.10. The van der Waals surface area contributed by atoms with E-state index < -0.39 is 0 Å². The molecule has 1 heterocycles. The van der Waals surface area contributed by atoms with E-state index in [0.717, 1.165) is 17.4 Å². The summed E-state index contributed by atoms with van der Waals surface area (Å²) in [7, 11) is 0. The van der Waals surface area contributed by atoms with Gasteiger partial charge >= 0.3 is 0 Å². The van der Waals surface area contributed by atoms with Crippen LogP contribution in [0.5, 0.6) is 0 Å². The van der Waals surface area contributed by atoms with Crippen molar-refractivity contribution in [3.8, 4) is 0 Å². The Morgan fingerprint density at radius 1 is 1.64 bits per heavy atom. The number of pyridine rings is 1. The lowest BCUT2D eigenvalue weighted by molar-refractivity contribution is 0.839. The van der Waals surface area contributed by atoms with Crippen LogP contribution in [0.4, 0.5) is 5.82 Å². The third-order valence-electron chi connectivity index (χ3n) is 1.64. The normalized spacial score (nSPS) is 12.6. The van der Waals surface area contributed by atoms with Gasteiger partial charge in [0.1, 0.15) is 5.82 Å². The highest BCUT2D eigenvalue weighted by Gasteiger charge is 2.02. The second-order valence-electron chi connectivity index (χ2n) is 2.98. The molecule has 1 aromatic rings. The molecule has 0 saturated carbocycles. The van der Waals surface area contributed by atoms with Crippen molar-refractivity contribution in [1.29, 1.82) is 0 Å². The summed E-state index contributed by atoms with van der Waals surface area (Å²) in [5, 5.41) is 3.90. The molecule has 5 heteroatoms. The van der Waals surface area contributed by atoms with E-state index >= 15 is 0 Å². The van der Waals surface area contributed by atoms with E-state index in [2.05, 4.69) is 26.2 Å². The number of halogens is 3. The van der Waals surface area contributed by atoms with Gasteiger partial charge in [0, 0.05) is 22.6 Å². The van der Waals surface area contributed by atoms with E-state index in [1.807, 2.05) is 6.92 Å². The van der Waals surface area contributed by atoms with Gasteiger partial charge in [-0.1, -0.05) is 11.6 Å². The molecule has 0 aliphatic carbocycles. The van der Waals surface area contributed by atoms with Gasteiger partial charge in [0.2, 0.25) is 0 Å². The van der Waals surface area contributed by atoms with Crippen molar-refractivity contribution >= 4 is 44.9 Å². The summed E-state index contributed by atoms with van der Waals surface area (Å²) in [6, 6.07) is 1.81. The maximum Gasteiger partial charge on any atom is 0.144 e. The Bertz CT molecular complexity index is 305. The van der Waals surface area contributed by atoms with Crippen LogP contribution in [-0.2, 0) is 0 Å². The smallest absolute Gasteiger partial charge is 0.144 e. The summed E-state index contributed by atoms with van der Waals surface area (Å²) < 4.78 is 0.874. The molecule has 78 valence electrons. The van der Waals surface area contributed by atoms with Crippen molar-refractivity contribution in [1.82, 2.24) is 4.98 Å².